The smallest absolute Gasteiger partial charge is 0.248 e. The molecule has 0 aromatic heterocycles. The van der Waals surface area contributed by atoms with E-state index in [4.69, 9.17) is 0 Å². The molecule has 0 aromatic rings. The zero-order valence-electron chi connectivity index (χ0n) is 5.63. The van der Waals surface area contributed by atoms with Crippen LogP contribution in [0.1, 0.15) is 15.3 Å². The Labute approximate surface area is 47.8 Å². The van der Waals surface area contributed by atoms with Gasteiger partial charge in [-0.1, -0.05) is 0 Å². The van der Waals surface area contributed by atoms with Crippen molar-refractivity contribution in [3.63, 3.8) is 0 Å². The first-order valence-corrected chi connectivity index (χ1v) is 1.98. The minimum Gasteiger partial charge on any atom is -0.248 e. The molecule has 0 amide bonds. The Kier molecular flexibility index (Phi) is 2.61. The predicted octanol–water partition coefficient (Wildman–Crippen LogP) is 0.140. The van der Waals surface area contributed by atoms with Crippen LogP contribution < -0.4 is 0 Å². The Hall–Kier alpha value is -1.06. The van der Waals surface area contributed by atoms with E-state index in [-0.39, 0.29) is 1.43 Å². The van der Waals surface area contributed by atoms with Crippen molar-refractivity contribution in [1.29, 1.82) is 0 Å². The summed E-state index contributed by atoms with van der Waals surface area (Å²) in [6.45, 7) is 2.28. The van der Waals surface area contributed by atoms with E-state index >= 15 is 0 Å². The lowest BCUT2D eigenvalue weighted by Gasteiger charge is -1.93. The van der Waals surface area contributed by atoms with E-state index in [1.807, 2.05) is 0 Å². The average Bonchev–Trinajstić information content (AvgIpc) is 1.61. The van der Waals surface area contributed by atoms with Gasteiger partial charge in [0.15, 0.2) is 0 Å². The second-order valence-corrected chi connectivity index (χ2v) is 1.15. The van der Waals surface area contributed by atoms with Crippen molar-refractivity contribution >= 4 is 11.9 Å². The van der Waals surface area contributed by atoms with Gasteiger partial charge < -0.3 is 0 Å². The Morgan fingerprint density at radius 3 is 1.50 bits per heavy atom. The lowest BCUT2D eigenvalue weighted by atomic mass is 10.8. The van der Waals surface area contributed by atoms with E-state index in [2.05, 4.69) is 9.78 Å². The summed E-state index contributed by atoms with van der Waals surface area (Å²) in [6.07, 6.45) is 0. The highest BCUT2D eigenvalue weighted by Crippen LogP contribution is 1.78. The first-order chi connectivity index (χ1) is 3.63. The normalized spacial score (nSPS) is 7.75. The molecular formula is C4H7O4+. The third kappa shape index (κ3) is 4.94. The van der Waals surface area contributed by atoms with E-state index in [9.17, 15) is 9.59 Å². The molecule has 0 fully saturated rings. The Balaban J connectivity index is 0. The highest BCUT2D eigenvalue weighted by atomic mass is 17.2. The van der Waals surface area contributed by atoms with Crippen LogP contribution in [-0.4, -0.2) is 11.9 Å². The van der Waals surface area contributed by atoms with E-state index in [0.29, 0.717) is 0 Å². The minimum atomic E-state index is -0.639. The second-order valence-electron chi connectivity index (χ2n) is 1.15. The molecule has 0 aliphatic carbocycles. The maximum atomic E-state index is 9.85. The van der Waals surface area contributed by atoms with Crippen LogP contribution in [0.25, 0.3) is 0 Å². The molecule has 0 heterocycles. The van der Waals surface area contributed by atoms with Crippen molar-refractivity contribution in [2.75, 3.05) is 0 Å². The maximum Gasteiger partial charge on any atom is 1.00 e. The largest absolute Gasteiger partial charge is 1.00 e. The first kappa shape index (κ1) is 6.94. The molecule has 0 saturated carbocycles. The van der Waals surface area contributed by atoms with Crippen LogP contribution in [0.3, 0.4) is 0 Å². The summed E-state index contributed by atoms with van der Waals surface area (Å²) in [6, 6.07) is 0. The lowest BCUT2D eigenvalue weighted by Crippen LogP contribution is -2.03. The average molecular weight is 119 g/mol. The summed E-state index contributed by atoms with van der Waals surface area (Å²) in [4.78, 5) is 27.3. The van der Waals surface area contributed by atoms with Crippen molar-refractivity contribution in [3.05, 3.63) is 0 Å². The van der Waals surface area contributed by atoms with Crippen molar-refractivity contribution in [2.45, 2.75) is 13.8 Å². The van der Waals surface area contributed by atoms with E-state index < -0.39 is 11.9 Å². The van der Waals surface area contributed by atoms with Crippen LogP contribution in [-0.2, 0) is 19.4 Å². The van der Waals surface area contributed by atoms with Crippen LogP contribution >= 0.6 is 0 Å². The quantitative estimate of drug-likeness (QED) is 0.336. The highest BCUT2D eigenvalue weighted by Gasteiger charge is 1.95. The van der Waals surface area contributed by atoms with Crippen molar-refractivity contribution in [1.82, 2.24) is 0 Å². The summed E-state index contributed by atoms with van der Waals surface area (Å²) < 4.78 is 0. The maximum absolute atomic E-state index is 9.85. The molecule has 0 aromatic carbocycles. The fourth-order valence-corrected chi connectivity index (χ4v) is 0.117. The number of rotatable bonds is 0. The van der Waals surface area contributed by atoms with Gasteiger partial charge in [0.2, 0.25) is 0 Å². The molecule has 4 heteroatoms. The summed E-state index contributed by atoms with van der Waals surface area (Å²) in [7, 11) is 0. The number of hydrogen-bond acceptors (Lipinski definition) is 4. The fourth-order valence-electron chi connectivity index (χ4n) is 0.117. The molecule has 0 atom stereocenters. The van der Waals surface area contributed by atoms with Gasteiger partial charge in [-0.25, -0.2) is 19.4 Å². The molecule has 0 aliphatic rings. The topological polar surface area (TPSA) is 52.6 Å². The Bertz CT molecular complexity index is 97.1. The third-order valence-corrected chi connectivity index (χ3v) is 0.276. The second kappa shape index (κ2) is 3.01. The molecule has 0 bridgehead atoms. The van der Waals surface area contributed by atoms with Crippen LogP contribution in [0.4, 0.5) is 0 Å². The Morgan fingerprint density at radius 1 is 1.12 bits per heavy atom. The number of hydrogen-bond donors (Lipinski definition) is 0. The fraction of sp³-hybridized carbons (Fsp3) is 0.500. The molecule has 0 spiro atoms. The lowest BCUT2D eigenvalue weighted by molar-refractivity contribution is -0.255. The molecule has 0 radical (unpaired) electrons. The zero-order valence-corrected chi connectivity index (χ0v) is 4.63. The van der Waals surface area contributed by atoms with Gasteiger partial charge in [-0.3, -0.25) is 0 Å². The van der Waals surface area contributed by atoms with Crippen LogP contribution in [0.15, 0.2) is 0 Å². The van der Waals surface area contributed by atoms with Crippen molar-refractivity contribution in [3.8, 4) is 0 Å². The first-order valence-electron chi connectivity index (χ1n) is 1.98. The van der Waals surface area contributed by atoms with E-state index in [1.165, 1.54) is 0 Å². The van der Waals surface area contributed by atoms with E-state index in [1.54, 1.807) is 0 Å². The van der Waals surface area contributed by atoms with Gasteiger partial charge in [-0.05, 0) is 0 Å². The summed E-state index contributed by atoms with van der Waals surface area (Å²) in [5.41, 5.74) is 0. The molecule has 46 valence electrons. The molecule has 0 rings (SSSR count). The molecule has 0 unspecified atom stereocenters. The van der Waals surface area contributed by atoms with Crippen LogP contribution in [0.2, 0.25) is 0 Å². The standard InChI is InChI=1S/C4H6O4/c1-3(5)7-8-4(2)6/h1-2H3/p+1. The van der Waals surface area contributed by atoms with Gasteiger partial charge in [0.1, 0.15) is 0 Å². The molecule has 0 N–H and O–H groups in total. The zero-order chi connectivity index (χ0) is 6.57. The summed E-state index contributed by atoms with van der Waals surface area (Å²) >= 11 is 0. The molecule has 4 nitrogen and oxygen atoms in total. The Morgan fingerprint density at radius 2 is 1.38 bits per heavy atom. The molecular weight excluding hydrogens is 112 g/mol. The SMILES string of the molecule is CC(=O)OOC(C)=O.[H+]. The minimum absolute atomic E-state index is 0. The van der Waals surface area contributed by atoms with E-state index in [0.717, 1.165) is 13.8 Å². The van der Waals surface area contributed by atoms with Crippen LogP contribution in [0.5, 0.6) is 0 Å². The highest BCUT2D eigenvalue weighted by molar-refractivity contribution is 5.69. The van der Waals surface area contributed by atoms with Gasteiger partial charge in [-0.2, -0.15) is 0 Å². The van der Waals surface area contributed by atoms with Gasteiger partial charge >= 0.3 is 13.4 Å². The van der Waals surface area contributed by atoms with Crippen molar-refractivity contribution < 1.29 is 20.8 Å². The number of carbonyl (C=O) groups excluding carboxylic acids is 2. The number of carbonyl (C=O) groups is 2. The third-order valence-electron chi connectivity index (χ3n) is 0.276. The monoisotopic (exact) mass is 119 g/mol. The summed E-state index contributed by atoms with van der Waals surface area (Å²) in [5, 5.41) is 0. The molecule has 0 saturated heterocycles. The molecule has 0 aliphatic heterocycles. The van der Waals surface area contributed by atoms with Gasteiger partial charge in [0.05, 0.1) is 0 Å². The van der Waals surface area contributed by atoms with Gasteiger partial charge in [0, 0.05) is 13.8 Å². The summed E-state index contributed by atoms with van der Waals surface area (Å²) in [5.74, 6) is -1.28. The van der Waals surface area contributed by atoms with Gasteiger partial charge in [-0.15, -0.1) is 0 Å². The van der Waals surface area contributed by atoms with Crippen molar-refractivity contribution in [2.24, 2.45) is 0 Å². The molecule has 8 heavy (non-hydrogen) atoms. The predicted molar refractivity (Wildman–Crippen MR) is 24.6 cm³/mol. The van der Waals surface area contributed by atoms with Gasteiger partial charge in [0.25, 0.3) is 0 Å². The van der Waals surface area contributed by atoms with Crippen LogP contribution in [0, 0.1) is 0 Å².